The third kappa shape index (κ3) is 1.92. The highest BCUT2D eigenvalue weighted by Crippen LogP contribution is 2.46. The van der Waals surface area contributed by atoms with Crippen molar-refractivity contribution in [2.45, 2.75) is 32.1 Å². The van der Waals surface area contributed by atoms with Gasteiger partial charge in [0.15, 0.2) is 0 Å². The zero-order valence-electron chi connectivity index (χ0n) is 11.7. The van der Waals surface area contributed by atoms with Gasteiger partial charge in [-0.1, -0.05) is 26.0 Å². The van der Waals surface area contributed by atoms with Crippen LogP contribution in [0.2, 0.25) is 0 Å². The molecule has 19 heavy (non-hydrogen) atoms. The number of fused-ring (bicyclic) bond motifs is 1. The maximum Gasteiger partial charge on any atom is 0.123 e. The minimum Gasteiger partial charge on any atom is -0.492 e. The second-order valence-corrected chi connectivity index (χ2v) is 5.70. The van der Waals surface area contributed by atoms with Gasteiger partial charge in [0.1, 0.15) is 5.75 Å². The molecule has 1 aromatic carbocycles. The molecule has 1 aliphatic heterocycles. The van der Waals surface area contributed by atoms with Gasteiger partial charge >= 0.3 is 0 Å². The zero-order valence-corrected chi connectivity index (χ0v) is 11.7. The van der Waals surface area contributed by atoms with E-state index in [9.17, 15) is 0 Å². The Morgan fingerprint density at radius 3 is 2.68 bits per heavy atom. The Hall–Kier alpha value is -1.83. The highest BCUT2D eigenvalue weighted by Gasteiger charge is 2.39. The lowest BCUT2D eigenvalue weighted by Crippen LogP contribution is -2.39. The van der Waals surface area contributed by atoms with E-state index in [-0.39, 0.29) is 5.41 Å². The molecular formula is C17H19NO. The molecule has 0 spiro atoms. The van der Waals surface area contributed by atoms with Gasteiger partial charge in [-0.25, -0.2) is 0 Å². The number of rotatable bonds is 1. The lowest BCUT2D eigenvalue weighted by molar-refractivity contribution is 0.175. The van der Waals surface area contributed by atoms with E-state index in [1.807, 2.05) is 12.4 Å². The lowest BCUT2D eigenvalue weighted by Gasteiger charge is -2.41. The van der Waals surface area contributed by atoms with Crippen LogP contribution in [-0.4, -0.2) is 11.6 Å². The Balaban J connectivity index is 2.06. The summed E-state index contributed by atoms with van der Waals surface area (Å²) in [6, 6.07) is 10.7. The molecule has 0 radical (unpaired) electrons. The fraction of sp³-hybridized carbons (Fsp3) is 0.353. The summed E-state index contributed by atoms with van der Waals surface area (Å²) in [5.74, 6) is 1.47. The van der Waals surface area contributed by atoms with E-state index >= 15 is 0 Å². The van der Waals surface area contributed by atoms with E-state index in [4.69, 9.17) is 4.74 Å². The zero-order chi connectivity index (χ0) is 13.5. The molecule has 1 aliphatic rings. The summed E-state index contributed by atoms with van der Waals surface area (Å²) in [5, 5.41) is 0. The van der Waals surface area contributed by atoms with Crippen LogP contribution in [-0.2, 0) is 5.41 Å². The summed E-state index contributed by atoms with van der Waals surface area (Å²) in [6.45, 7) is 7.38. The Bertz CT molecular complexity index is 593. The van der Waals surface area contributed by atoms with Crippen LogP contribution in [0.3, 0.4) is 0 Å². The van der Waals surface area contributed by atoms with Gasteiger partial charge < -0.3 is 4.74 Å². The third-order valence-corrected chi connectivity index (χ3v) is 4.46. The first-order valence-electron chi connectivity index (χ1n) is 6.75. The summed E-state index contributed by atoms with van der Waals surface area (Å²) < 4.78 is 6.02. The van der Waals surface area contributed by atoms with Crippen molar-refractivity contribution in [2.24, 2.45) is 0 Å². The smallest absolute Gasteiger partial charge is 0.123 e. The van der Waals surface area contributed by atoms with Crippen LogP contribution in [0.4, 0.5) is 0 Å². The Morgan fingerprint density at radius 2 is 1.95 bits per heavy atom. The largest absolute Gasteiger partial charge is 0.492 e. The van der Waals surface area contributed by atoms with Crippen LogP contribution < -0.4 is 4.74 Å². The summed E-state index contributed by atoms with van der Waals surface area (Å²) in [5.41, 5.74) is 3.85. The fourth-order valence-corrected chi connectivity index (χ4v) is 2.89. The third-order valence-electron chi connectivity index (χ3n) is 4.46. The minimum absolute atomic E-state index is 0.00516. The number of hydrogen-bond acceptors (Lipinski definition) is 2. The molecule has 0 fully saturated rings. The molecule has 98 valence electrons. The van der Waals surface area contributed by atoms with Crippen molar-refractivity contribution in [3.63, 3.8) is 0 Å². The summed E-state index contributed by atoms with van der Waals surface area (Å²) in [7, 11) is 0. The first-order valence-corrected chi connectivity index (χ1v) is 6.75. The molecule has 0 bridgehead atoms. The van der Waals surface area contributed by atoms with E-state index in [0.717, 1.165) is 5.75 Å². The molecular weight excluding hydrogens is 234 g/mol. The molecule has 1 aromatic heterocycles. The second kappa shape index (κ2) is 4.37. The Morgan fingerprint density at radius 1 is 1.21 bits per heavy atom. The fourth-order valence-electron chi connectivity index (χ4n) is 2.89. The van der Waals surface area contributed by atoms with Crippen molar-refractivity contribution < 1.29 is 4.74 Å². The first kappa shape index (κ1) is 12.2. The van der Waals surface area contributed by atoms with Gasteiger partial charge in [0.25, 0.3) is 0 Å². The summed E-state index contributed by atoms with van der Waals surface area (Å²) >= 11 is 0. The Labute approximate surface area is 114 Å². The van der Waals surface area contributed by atoms with Crippen LogP contribution in [0.1, 0.15) is 36.5 Å². The summed E-state index contributed by atoms with van der Waals surface area (Å²) in [6.07, 6.45) is 3.72. The molecule has 0 saturated heterocycles. The van der Waals surface area contributed by atoms with E-state index in [1.54, 1.807) is 0 Å². The molecule has 2 heterocycles. The van der Waals surface area contributed by atoms with Gasteiger partial charge in [-0.2, -0.15) is 0 Å². The molecule has 0 saturated carbocycles. The van der Waals surface area contributed by atoms with Gasteiger partial charge in [-0.15, -0.1) is 0 Å². The van der Waals surface area contributed by atoms with Crippen LogP contribution >= 0.6 is 0 Å². The molecule has 2 aromatic rings. The number of aromatic nitrogens is 1. The highest BCUT2D eigenvalue weighted by atomic mass is 16.5. The van der Waals surface area contributed by atoms with Crippen molar-refractivity contribution in [1.82, 2.24) is 4.98 Å². The van der Waals surface area contributed by atoms with E-state index in [1.165, 1.54) is 16.7 Å². The molecule has 2 nitrogen and oxygen atoms in total. The number of nitrogens with zero attached hydrogens (tertiary/aromatic N) is 1. The van der Waals surface area contributed by atoms with Gasteiger partial charge in [0.05, 0.1) is 6.61 Å². The van der Waals surface area contributed by atoms with Crippen molar-refractivity contribution in [3.05, 3.63) is 59.4 Å². The Kier molecular flexibility index (Phi) is 2.81. The monoisotopic (exact) mass is 253 g/mol. The van der Waals surface area contributed by atoms with Gasteiger partial charge in [0, 0.05) is 17.8 Å². The van der Waals surface area contributed by atoms with Crippen LogP contribution in [0, 0.1) is 6.92 Å². The van der Waals surface area contributed by atoms with E-state index in [2.05, 4.69) is 56.1 Å². The number of ether oxygens (including phenoxy) is 1. The molecule has 2 atom stereocenters. The number of pyridine rings is 1. The number of benzene rings is 1. The predicted octanol–water partition coefficient (Wildman–Crippen LogP) is 3.84. The predicted molar refractivity (Wildman–Crippen MR) is 76.7 cm³/mol. The maximum atomic E-state index is 6.02. The quantitative estimate of drug-likeness (QED) is 0.770. The van der Waals surface area contributed by atoms with E-state index in [0.29, 0.717) is 12.5 Å². The SMILES string of the molecule is Cc1ccc2c(c1)OCC(C)(c1ccncc1)C2C. The van der Waals surface area contributed by atoms with Crippen molar-refractivity contribution in [3.8, 4) is 5.75 Å². The topological polar surface area (TPSA) is 22.1 Å². The molecule has 0 N–H and O–H groups in total. The minimum atomic E-state index is 0.00516. The standard InChI is InChI=1S/C17H19NO/c1-12-4-5-15-13(2)17(3,11-19-16(15)10-12)14-6-8-18-9-7-14/h4-10,13H,11H2,1-3H3. The van der Waals surface area contributed by atoms with Gasteiger partial charge in [0.2, 0.25) is 0 Å². The second-order valence-electron chi connectivity index (χ2n) is 5.70. The normalized spacial score (nSPS) is 25.5. The van der Waals surface area contributed by atoms with Crippen LogP contribution in [0.15, 0.2) is 42.7 Å². The number of aryl methyl sites for hydroxylation is 1. The molecule has 2 heteroatoms. The lowest BCUT2D eigenvalue weighted by atomic mass is 9.69. The van der Waals surface area contributed by atoms with Crippen LogP contribution in [0.25, 0.3) is 0 Å². The molecule has 2 unspecified atom stereocenters. The molecule has 0 aliphatic carbocycles. The van der Waals surface area contributed by atoms with Crippen molar-refractivity contribution >= 4 is 0 Å². The highest BCUT2D eigenvalue weighted by molar-refractivity contribution is 5.45. The average Bonchev–Trinajstić information content (AvgIpc) is 2.44. The summed E-state index contributed by atoms with van der Waals surface area (Å²) in [4.78, 5) is 4.11. The van der Waals surface area contributed by atoms with Crippen molar-refractivity contribution in [2.75, 3.05) is 6.61 Å². The van der Waals surface area contributed by atoms with Crippen molar-refractivity contribution in [1.29, 1.82) is 0 Å². The van der Waals surface area contributed by atoms with Crippen LogP contribution in [0.5, 0.6) is 5.75 Å². The van der Waals surface area contributed by atoms with Gasteiger partial charge in [-0.3, -0.25) is 4.98 Å². The van der Waals surface area contributed by atoms with E-state index < -0.39 is 0 Å². The maximum absolute atomic E-state index is 6.02. The first-order chi connectivity index (χ1) is 9.11. The number of hydrogen-bond donors (Lipinski definition) is 0. The average molecular weight is 253 g/mol. The molecule has 0 amide bonds. The molecule has 3 rings (SSSR count). The van der Waals surface area contributed by atoms with Gasteiger partial charge in [-0.05, 0) is 47.7 Å².